The van der Waals surface area contributed by atoms with Crippen LogP contribution < -0.4 is 21.3 Å². The van der Waals surface area contributed by atoms with Gasteiger partial charge in [0.2, 0.25) is 0 Å². The molecule has 3 fully saturated rings. The summed E-state index contributed by atoms with van der Waals surface area (Å²) in [7, 11) is 0. The van der Waals surface area contributed by atoms with Gasteiger partial charge < -0.3 is 51.9 Å². The first-order chi connectivity index (χ1) is 21.8. The summed E-state index contributed by atoms with van der Waals surface area (Å²) in [6, 6.07) is -0.349. The van der Waals surface area contributed by atoms with E-state index in [4.69, 9.17) is 0 Å². The topological polar surface area (TPSA) is 204 Å². The van der Waals surface area contributed by atoms with Gasteiger partial charge >= 0.3 is 11.9 Å². The van der Waals surface area contributed by atoms with Crippen molar-refractivity contribution in [3.05, 3.63) is 22.3 Å². The molecule has 0 saturated carbocycles. The highest BCUT2D eigenvalue weighted by molar-refractivity contribution is 5.67. The lowest BCUT2D eigenvalue weighted by Crippen LogP contribution is -2.46. The first-order valence-electron chi connectivity index (χ1n) is 17.3. The largest absolute Gasteiger partial charge is 0.481 e. The van der Waals surface area contributed by atoms with Crippen molar-refractivity contribution in [2.45, 2.75) is 140 Å². The molecule has 14 unspecified atom stereocenters. The van der Waals surface area contributed by atoms with Crippen LogP contribution >= 0.6 is 0 Å². The van der Waals surface area contributed by atoms with Crippen molar-refractivity contribution in [2.24, 2.45) is 23.7 Å². The Hall–Kier alpha value is -1.90. The first-order valence-corrected chi connectivity index (χ1v) is 17.3. The maximum absolute atomic E-state index is 11.7. The first kappa shape index (κ1) is 35.4. The highest BCUT2D eigenvalue weighted by Crippen LogP contribution is 2.43. The van der Waals surface area contributed by atoms with Gasteiger partial charge in [-0.1, -0.05) is 25.0 Å². The van der Waals surface area contributed by atoms with Gasteiger partial charge in [-0.3, -0.25) is 9.59 Å². The van der Waals surface area contributed by atoms with E-state index in [1.165, 1.54) is 0 Å². The van der Waals surface area contributed by atoms with Crippen LogP contribution in [0.15, 0.2) is 22.3 Å². The molecule has 5 aliphatic heterocycles. The molecular formula is C34H56N4O8. The zero-order valence-corrected chi connectivity index (χ0v) is 27.7. The lowest BCUT2D eigenvalue weighted by molar-refractivity contribution is -0.138. The molecule has 0 radical (unpaired) electrons. The normalized spacial score (nSPS) is 40.9. The van der Waals surface area contributed by atoms with E-state index in [1.807, 2.05) is 13.8 Å². The second-order valence-corrected chi connectivity index (χ2v) is 14.8. The van der Waals surface area contributed by atoms with Gasteiger partial charge in [0.25, 0.3) is 0 Å². The van der Waals surface area contributed by atoms with Gasteiger partial charge in [0, 0.05) is 61.2 Å². The van der Waals surface area contributed by atoms with Crippen LogP contribution in [0.5, 0.6) is 0 Å². The van der Waals surface area contributed by atoms with Crippen molar-refractivity contribution >= 4 is 11.9 Å². The summed E-state index contributed by atoms with van der Waals surface area (Å²) in [6.45, 7) is 7.62. The van der Waals surface area contributed by atoms with Crippen LogP contribution in [0.2, 0.25) is 0 Å². The fourth-order valence-electron chi connectivity index (χ4n) is 9.94. The molecule has 8 bridgehead atoms. The fourth-order valence-corrected chi connectivity index (χ4v) is 9.94. The number of aliphatic carboxylic acids is 2. The third kappa shape index (κ3) is 7.10. The summed E-state index contributed by atoms with van der Waals surface area (Å²) in [5.74, 6) is -1.01. The summed E-state index contributed by atoms with van der Waals surface area (Å²) in [6.07, 6.45) is 2.01. The summed E-state index contributed by atoms with van der Waals surface area (Å²) < 4.78 is 0. The number of carboxylic acids is 2. The molecule has 10 N–H and O–H groups in total. The molecule has 0 aromatic carbocycles. The van der Waals surface area contributed by atoms with Crippen LogP contribution in [0.25, 0.3) is 0 Å². The third-order valence-electron chi connectivity index (χ3n) is 12.4. The lowest BCUT2D eigenvalue weighted by Gasteiger charge is -2.28. The number of hydrogen-bond acceptors (Lipinski definition) is 10. The number of hydrogen-bond donors (Lipinski definition) is 10. The molecule has 14 atom stereocenters. The average molecular weight is 649 g/mol. The van der Waals surface area contributed by atoms with Gasteiger partial charge in [-0.15, -0.1) is 0 Å². The molecular weight excluding hydrogens is 592 g/mol. The number of carbonyl (C=O) groups is 2. The number of nitrogens with one attached hydrogen (secondary N) is 4. The Morgan fingerprint density at radius 2 is 1.02 bits per heavy atom. The van der Waals surface area contributed by atoms with E-state index >= 15 is 0 Å². The number of carboxylic acid groups (broad SMARTS) is 2. The van der Waals surface area contributed by atoms with E-state index in [0.717, 1.165) is 35.1 Å². The van der Waals surface area contributed by atoms with E-state index in [0.29, 0.717) is 25.7 Å². The Labute approximate surface area is 272 Å². The standard InChI is InChI=1S/C34H56N4O8/c1-15-19(5-7-31(43)44)25-12-26-20(6-8-32(45)46)16(2)22(36-26)10-27-34(30(42)14-40)18(4)24(38-27)11-28-33(29(41)13-39)17(3)23(37-28)9-21(15)35-25/h15-16,19-30,35-42H,5-14H2,1-4H3,(H,43,44)(H,45,46). The van der Waals surface area contributed by atoms with Crippen LogP contribution in [0.3, 0.4) is 0 Å². The van der Waals surface area contributed by atoms with Crippen molar-refractivity contribution in [1.29, 1.82) is 0 Å². The maximum atomic E-state index is 11.7. The average Bonchev–Trinajstić information content (AvgIpc) is 3.67. The molecule has 0 aromatic heterocycles. The number of aliphatic hydroxyl groups is 4. The zero-order valence-electron chi connectivity index (χ0n) is 27.7. The smallest absolute Gasteiger partial charge is 0.303 e. The molecule has 5 heterocycles. The number of aliphatic hydroxyl groups excluding tert-OH is 4. The van der Waals surface area contributed by atoms with Crippen LogP contribution in [-0.2, 0) is 9.59 Å². The quantitative estimate of drug-likeness (QED) is 0.147. The van der Waals surface area contributed by atoms with Crippen molar-refractivity contribution < 1.29 is 40.2 Å². The molecule has 12 nitrogen and oxygen atoms in total. The molecule has 5 rings (SSSR count). The Balaban J connectivity index is 1.53. The van der Waals surface area contributed by atoms with Crippen LogP contribution in [0, 0.1) is 23.7 Å². The van der Waals surface area contributed by atoms with Gasteiger partial charge in [-0.05, 0) is 87.2 Å². The highest BCUT2D eigenvalue weighted by atomic mass is 16.4. The van der Waals surface area contributed by atoms with Crippen LogP contribution in [-0.4, -0.2) is 116 Å². The third-order valence-corrected chi connectivity index (χ3v) is 12.4. The summed E-state index contributed by atoms with van der Waals surface area (Å²) in [5.41, 5.74) is 3.60. The lowest BCUT2D eigenvalue weighted by atomic mass is 9.78. The molecule has 260 valence electrons. The molecule has 0 spiro atoms. The second kappa shape index (κ2) is 14.7. The minimum atomic E-state index is -1.01. The molecule has 5 aliphatic rings. The van der Waals surface area contributed by atoms with E-state index in [9.17, 15) is 40.2 Å². The van der Waals surface area contributed by atoms with Gasteiger partial charge in [-0.25, -0.2) is 0 Å². The second-order valence-electron chi connectivity index (χ2n) is 14.8. The molecule has 0 amide bonds. The predicted octanol–water partition coefficient (Wildman–Crippen LogP) is 0.496. The molecule has 0 aromatic rings. The highest BCUT2D eigenvalue weighted by Gasteiger charge is 2.49. The molecule has 12 heteroatoms. The van der Waals surface area contributed by atoms with Gasteiger partial charge in [0.1, 0.15) is 0 Å². The van der Waals surface area contributed by atoms with Gasteiger partial charge in [0.15, 0.2) is 0 Å². The Morgan fingerprint density at radius 1 is 0.630 bits per heavy atom. The van der Waals surface area contributed by atoms with Crippen molar-refractivity contribution in [1.82, 2.24) is 21.3 Å². The van der Waals surface area contributed by atoms with Crippen LogP contribution in [0.1, 0.15) is 79.1 Å². The van der Waals surface area contributed by atoms with E-state index in [1.54, 1.807) is 0 Å². The Morgan fingerprint density at radius 3 is 1.43 bits per heavy atom. The SMILES string of the molecule is CC1=C(C(O)CO)C2CC3NC(CC4NC(CC5NC(CC1N2)C(C)C5CCC(=O)O)C(CCC(=O)O)C4C)C(C(O)CO)=C3C. The number of fused-ring (bicyclic) bond motifs is 8. The van der Waals surface area contributed by atoms with E-state index < -0.39 is 30.8 Å². The van der Waals surface area contributed by atoms with E-state index in [2.05, 4.69) is 35.1 Å². The van der Waals surface area contributed by atoms with Gasteiger partial charge in [0.05, 0.1) is 25.4 Å². The Bertz CT molecular complexity index is 1190. The zero-order chi connectivity index (χ0) is 33.4. The molecule has 0 aliphatic carbocycles. The fraction of sp³-hybridized carbons (Fsp3) is 0.824. The van der Waals surface area contributed by atoms with Crippen molar-refractivity contribution in [3.8, 4) is 0 Å². The predicted molar refractivity (Wildman–Crippen MR) is 172 cm³/mol. The van der Waals surface area contributed by atoms with Crippen LogP contribution in [0.4, 0.5) is 0 Å². The van der Waals surface area contributed by atoms with Crippen molar-refractivity contribution in [2.75, 3.05) is 13.2 Å². The number of rotatable bonds is 10. The van der Waals surface area contributed by atoms with Gasteiger partial charge in [-0.2, -0.15) is 0 Å². The maximum Gasteiger partial charge on any atom is 0.303 e. The summed E-state index contributed by atoms with van der Waals surface area (Å²) in [5, 5.41) is 76.4. The Kier molecular flexibility index (Phi) is 11.3. The van der Waals surface area contributed by atoms with Crippen molar-refractivity contribution in [3.63, 3.8) is 0 Å². The minimum Gasteiger partial charge on any atom is -0.481 e. The van der Waals surface area contributed by atoms with E-state index in [-0.39, 0.29) is 91.5 Å². The monoisotopic (exact) mass is 648 g/mol. The molecule has 46 heavy (non-hydrogen) atoms. The minimum absolute atomic E-state index is 0.0386. The summed E-state index contributed by atoms with van der Waals surface area (Å²) in [4.78, 5) is 23.3. The summed E-state index contributed by atoms with van der Waals surface area (Å²) >= 11 is 0. The molecule has 3 saturated heterocycles.